The van der Waals surface area contributed by atoms with Crippen LogP contribution in [0.15, 0.2) is 22.8 Å². The van der Waals surface area contributed by atoms with Gasteiger partial charge in [0.2, 0.25) is 0 Å². The number of carbonyl (C=O) groups is 1. The van der Waals surface area contributed by atoms with Crippen molar-refractivity contribution in [3.8, 4) is 5.75 Å². The Hall–Kier alpha value is -1.84. The fraction of sp³-hybridized carbons (Fsp3) is 0.652. The van der Waals surface area contributed by atoms with Gasteiger partial charge in [-0.15, -0.1) is 0 Å². The average Bonchev–Trinajstić information content (AvgIpc) is 3.15. The third-order valence-electron chi connectivity index (χ3n) is 4.94. The first kappa shape index (κ1) is 24.8. The Labute approximate surface area is 198 Å². The molecular formula is C23H34BrN3O5. The van der Waals surface area contributed by atoms with Crippen LogP contribution in [0.5, 0.6) is 5.75 Å². The Balaban J connectivity index is 1.37. The molecule has 1 aliphatic rings. The molecule has 2 aromatic rings. The number of hydrogen-bond acceptors (Lipinski definition) is 6. The normalized spacial score (nSPS) is 16.8. The molecule has 0 spiro atoms. The van der Waals surface area contributed by atoms with Gasteiger partial charge >= 0.3 is 6.09 Å². The third-order valence-corrected chi connectivity index (χ3v) is 5.40. The third kappa shape index (κ3) is 7.64. The van der Waals surface area contributed by atoms with Gasteiger partial charge in [-0.1, -0.05) is 15.9 Å². The van der Waals surface area contributed by atoms with E-state index < -0.39 is 5.60 Å². The number of nitrogens with zero attached hydrogens (tertiary/aromatic N) is 2. The molecule has 1 aromatic carbocycles. The molecule has 3 rings (SSSR count). The van der Waals surface area contributed by atoms with Gasteiger partial charge in [-0.25, -0.2) is 9.48 Å². The first-order chi connectivity index (χ1) is 15.3. The molecule has 8 nitrogen and oxygen atoms in total. The summed E-state index contributed by atoms with van der Waals surface area (Å²) < 4.78 is 25.6. The zero-order chi connectivity index (χ0) is 23.0. The van der Waals surface area contributed by atoms with E-state index in [1.165, 1.54) is 0 Å². The summed E-state index contributed by atoms with van der Waals surface area (Å²) in [4.78, 5) is 11.6. The molecule has 1 saturated heterocycles. The van der Waals surface area contributed by atoms with E-state index in [0.29, 0.717) is 26.4 Å². The van der Waals surface area contributed by atoms with E-state index in [9.17, 15) is 4.79 Å². The van der Waals surface area contributed by atoms with E-state index >= 15 is 0 Å². The second-order valence-electron chi connectivity index (χ2n) is 8.84. The number of unbranched alkanes of at least 4 members (excludes halogenated alkanes) is 1. The van der Waals surface area contributed by atoms with Crippen LogP contribution >= 0.6 is 15.9 Å². The van der Waals surface area contributed by atoms with E-state index in [1.54, 1.807) is 0 Å². The van der Waals surface area contributed by atoms with Gasteiger partial charge in [0, 0.05) is 24.2 Å². The first-order valence-electron chi connectivity index (χ1n) is 11.3. The summed E-state index contributed by atoms with van der Waals surface area (Å²) >= 11 is 3.58. The van der Waals surface area contributed by atoms with Gasteiger partial charge in [0.1, 0.15) is 18.0 Å². The summed E-state index contributed by atoms with van der Waals surface area (Å²) in [5, 5.41) is 8.28. The number of benzene rings is 1. The molecule has 0 aliphatic carbocycles. The van der Waals surface area contributed by atoms with Gasteiger partial charge in [0.05, 0.1) is 23.7 Å². The number of ether oxygens (including phenoxy) is 4. The summed E-state index contributed by atoms with van der Waals surface area (Å²) in [7, 11) is 0. The SMILES string of the molecule is CC(C)(C)OC(=O)NCCCCOCCOc1cc(Br)cc2c1cnn2C1CCCCO1. The van der Waals surface area contributed by atoms with Crippen LogP contribution in [0.3, 0.4) is 0 Å². The van der Waals surface area contributed by atoms with E-state index in [-0.39, 0.29) is 12.3 Å². The highest BCUT2D eigenvalue weighted by Crippen LogP contribution is 2.33. The van der Waals surface area contributed by atoms with Crippen molar-refractivity contribution in [3.63, 3.8) is 0 Å². The number of alkyl carbamates (subject to hydrolysis) is 1. The number of hydrogen-bond donors (Lipinski definition) is 1. The van der Waals surface area contributed by atoms with Crippen molar-refractivity contribution in [1.82, 2.24) is 15.1 Å². The molecule has 0 radical (unpaired) electrons. The Morgan fingerprint density at radius 1 is 1.25 bits per heavy atom. The number of nitrogens with one attached hydrogen (secondary N) is 1. The minimum Gasteiger partial charge on any atom is -0.490 e. The lowest BCUT2D eigenvalue weighted by atomic mass is 10.2. The molecule has 1 amide bonds. The molecule has 1 atom stereocenters. The standard InChI is InChI=1S/C23H34BrN3O5/c1-23(2,3)32-22(28)25-9-5-7-10-29-12-13-30-20-15-17(24)14-19-18(20)16-26-27(19)21-8-4-6-11-31-21/h14-16,21H,4-13H2,1-3H3,(H,25,28). The topological polar surface area (TPSA) is 83.8 Å². The van der Waals surface area contributed by atoms with E-state index in [0.717, 1.165) is 59.8 Å². The lowest BCUT2D eigenvalue weighted by Gasteiger charge is -2.23. The number of carbonyl (C=O) groups excluding carboxylic acids is 1. The Morgan fingerprint density at radius 3 is 2.84 bits per heavy atom. The number of amides is 1. The highest BCUT2D eigenvalue weighted by atomic mass is 79.9. The summed E-state index contributed by atoms with van der Waals surface area (Å²) in [6.07, 6.45) is 6.35. The van der Waals surface area contributed by atoms with E-state index in [2.05, 4.69) is 32.4 Å². The highest BCUT2D eigenvalue weighted by molar-refractivity contribution is 9.10. The van der Waals surface area contributed by atoms with Crippen molar-refractivity contribution >= 4 is 32.9 Å². The van der Waals surface area contributed by atoms with Crippen molar-refractivity contribution in [1.29, 1.82) is 0 Å². The molecule has 1 aromatic heterocycles. The molecule has 1 unspecified atom stereocenters. The summed E-state index contributed by atoms with van der Waals surface area (Å²) in [5.41, 5.74) is 0.523. The van der Waals surface area contributed by atoms with Gasteiger partial charge < -0.3 is 24.3 Å². The zero-order valence-electron chi connectivity index (χ0n) is 19.2. The van der Waals surface area contributed by atoms with Crippen molar-refractivity contribution in [2.24, 2.45) is 0 Å². The Bertz CT molecular complexity index is 874. The van der Waals surface area contributed by atoms with E-state index in [4.69, 9.17) is 18.9 Å². The number of halogens is 1. The molecule has 2 heterocycles. The minimum absolute atomic E-state index is 0.0171. The fourth-order valence-electron chi connectivity index (χ4n) is 3.49. The van der Waals surface area contributed by atoms with Crippen LogP contribution in [0.25, 0.3) is 10.9 Å². The van der Waals surface area contributed by atoms with Gasteiger partial charge in [-0.05, 0) is 65.0 Å². The molecule has 32 heavy (non-hydrogen) atoms. The van der Waals surface area contributed by atoms with Crippen molar-refractivity contribution < 1.29 is 23.7 Å². The molecule has 0 bridgehead atoms. The van der Waals surface area contributed by atoms with Crippen LogP contribution in [0, 0.1) is 0 Å². The zero-order valence-corrected chi connectivity index (χ0v) is 20.8. The molecular weight excluding hydrogens is 478 g/mol. The van der Waals surface area contributed by atoms with Crippen molar-refractivity contribution in [3.05, 3.63) is 22.8 Å². The summed E-state index contributed by atoms with van der Waals surface area (Å²) in [6.45, 7) is 8.44. The van der Waals surface area contributed by atoms with Crippen LogP contribution in [0.4, 0.5) is 4.79 Å². The van der Waals surface area contributed by atoms with Crippen molar-refractivity contribution in [2.75, 3.05) is 33.0 Å². The van der Waals surface area contributed by atoms with Crippen LogP contribution in [-0.2, 0) is 14.2 Å². The maximum absolute atomic E-state index is 11.6. The predicted molar refractivity (Wildman–Crippen MR) is 126 cm³/mol. The number of rotatable bonds is 10. The molecule has 178 valence electrons. The lowest BCUT2D eigenvalue weighted by Crippen LogP contribution is -2.33. The second kappa shape index (κ2) is 11.9. The van der Waals surface area contributed by atoms with Gasteiger partial charge in [-0.2, -0.15) is 5.10 Å². The average molecular weight is 512 g/mol. The monoisotopic (exact) mass is 511 g/mol. The van der Waals surface area contributed by atoms with Crippen LogP contribution < -0.4 is 10.1 Å². The molecule has 0 saturated carbocycles. The van der Waals surface area contributed by atoms with E-state index in [1.807, 2.05) is 37.7 Å². The maximum Gasteiger partial charge on any atom is 0.407 e. The van der Waals surface area contributed by atoms with Gasteiger partial charge in [0.25, 0.3) is 0 Å². The largest absolute Gasteiger partial charge is 0.490 e. The lowest BCUT2D eigenvalue weighted by molar-refractivity contribution is -0.0366. The molecule has 1 N–H and O–H groups in total. The van der Waals surface area contributed by atoms with Gasteiger partial charge in [-0.3, -0.25) is 0 Å². The minimum atomic E-state index is -0.477. The number of aromatic nitrogens is 2. The van der Waals surface area contributed by atoms with Gasteiger partial charge in [0.15, 0.2) is 6.23 Å². The maximum atomic E-state index is 11.6. The second-order valence-corrected chi connectivity index (χ2v) is 9.76. The molecule has 1 fully saturated rings. The highest BCUT2D eigenvalue weighted by Gasteiger charge is 2.20. The molecule has 9 heteroatoms. The van der Waals surface area contributed by atoms with Crippen LogP contribution in [0.2, 0.25) is 0 Å². The smallest absolute Gasteiger partial charge is 0.407 e. The summed E-state index contributed by atoms with van der Waals surface area (Å²) in [6, 6.07) is 4.01. The Morgan fingerprint density at radius 2 is 2.09 bits per heavy atom. The quantitative estimate of drug-likeness (QED) is 0.441. The van der Waals surface area contributed by atoms with Crippen molar-refractivity contribution in [2.45, 2.75) is 64.7 Å². The summed E-state index contributed by atoms with van der Waals surface area (Å²) in [5.74, 6) is 0.779. The fourth-order valence-corrected chi connectivity index (χ4v) is 3.92. The Kier molecular flexibility index (Phi) is 9.19. The first-order valence-corrected chi connectivity index (χ1v) is 12.1. The predicted octanol–water partition coefficient (Wildman–Crippen LogP) is 5.20. The van der Waals surface area contributed by atoms with Crippen LogP contribution in [0.1, 0.15) is 59.1 Å². The molecule has 1 aliphatic heterocycles. The van der Waals surface area contributed by atoms with Crippen LogP contribution in [-0.4, -0.2) is 54.4 Å². The number of fused-ring (bicyclic) bond motifs is 1.